The summed E-state index contributed by atoms with van der Waals surface area (Å²) in [5.74, 6) is 2.16. The summed E-state index contributed by atoms with van der Waals surface area (Å²) < 4.78 is 12.8. The minimum absolute atomic E-state index is 0.0966. The van der Waals surface area contributed by atoms with Gasteiger partial charge in [0.15, 0.2) is 5.76 Å². The van der Waals surface area contributed by atoms with Gasteiger partial charge in [0.25, 0.3) is 5.91 Å². The van der Waals surface area contributed by atoms with Crippen molar-refractivity contribution in [1.29, 1.82) is 0 Å². The third kappa shape index (κ3) is 2.85. The Morgan fingerprint density at radius 3 is 3.05 bits per heavy atom. The molecule has 1 amide bonds. The molecule has 2 aromatic rings. The molecule has 0 aromatic carbocycles. The summed E-state index contributed by atoms with van der Waals surface area (Å²) in [6, 6.07) is 3.53. The summed E-state index contributed by atoms with van der Waals surface area (Å²) in [5, 5.41) is 0. The molecule has 3 rings (SSSR count). The van der Waals surface area contributed by atoms with Gasteiger partial charge in [0, 0.05) is 38.5 Å². The smallest absolute Gasteiger partial charge is 0.289 e. The number of carbonyl (C=O) groups excluding carboxylic acids is 1. The van der Waals surface area contributed by atoms with Crippen molar-refractivity contribution >= 4 is 5.91 Å². The summed E-state index contributed by atoms with van der Waals surface area (Å²) >= 11 is 0. The van der Waals surface area contributed by atoms with E-state index in [1.54, 1.807) is 30.3 Å². The van der Waals surface area contributed by atoms with Crippen LogP contribution in [0.4, 0.5) is 0 Å². The first-order chi connectivity index (χ1) is 10.2. The molecular formula is C15H19N3O3. The van der Waals surface area contributed by atoms with E-state index in [-0.39, 0.29) is 11.8 Å². The second kappa shape index (κ2) is 5.73. The molecule has 0 saturated carbocycles. The summed E-state index contributed by atoms with van der Waals surface area (Å²) in [6.07, 6.45) is 3.72. The van der Waals surface area contributed by atoms with Crippen LogP contribution in [0, 0.1) is 12.8 Å². The van der Waals surface area contributed by atoms with Crippen molar-refractivity contribution in [2.24, 2.45) is 5.92 Å². The maximum atomic E-state index is 12.6. The second-order valence-electron chi connectivity index (χ2n) is 5.41. The molecule has 0 unspecified atom stereocenters. The number of aromatic nitrogens is 2. The minimum atomic E-state index is -0.0966. The Hall–Kier alpha value is -2.08. The number of rotatable bonds is 3. The van der Waals surface area contributed by atoms with E-state index in [1.165, 1.54) is 0 Å². The Balaban J connectivity index is 1.85. The van der Waals surface area contributed by atoms with E-state index < -0.39 is 0 Å². The predicted molar refractivity (Wildman–Crippen MR) is 75.8 cm³/mol. The van der Waals surface area contributed by atoms with Crippen LogP contribution < -0.4 is 0 Å². The maximum Gasteiger partial charge on any atom is 0.289 e. The van der Waals surface area contributed by atoms with E-state index in [1.807, 2.05) is 13.1 Å². The standard InChI is InChI=1S/C15H19N3O3/c1-11-3-4-13(21-11)15(19)18-8-12(10-20-2)7-17-6-5-16-14(17)9-18/h3-6,12H,7-10H2,1-2H3/t12-/m1/s1. The van der Waals surface area contributed by atoms with Crippen molar-refractivity contribution in [2.75, 3.05) is 20.3 Å². The summed E-state index contributed by atoms with van der Waals surface area (Å²) in [4.78, 5) is 18.7. The number of aryl methyl sites for hydroxylation is 1. The Morgan fingerprint density at radius 1 is 1.48 bits per heavy atom. The molecule has 1 atom stereocenters. The molecular weight excluding hydrogens is 270 g/mol. The van der Waals surface area contributed by atoms with Crippen LogP contribution in [0.3, 0.4) is 0 Å². The molecule has 0 aliphatic carbocycles. The van der Waals surface area contributed by atoms with Crippen molar-refractivity contribution in [3.63, 3.8) is 0 Å². The number of ether oxygens (including phenoxy) is 1. The molecule has 0 saturated heterocycles. The van der Waals surface area contributed by atoms with Crippen LogP contribution in [0.5, 0.6) is 0 Å². The summed E-state index contributed by atoms with van der Waals surface area (Å²) in [5.41, 5.74) is 0. The fraction of sp³-hybridized carbons (Fsp3) is 0.467. The molecule has 2 aromatic heterocycles. The number of amides is 1. The van der Waals surface area contributed by atoms with Gasteiger partial charge in [0.1, 0.15) is 11.6 Å². The van der Waals surface area contributed by atoms with Gasteiger partial charge in [-0.3, -0.25) is 4.79 Å². The first-order valence-corrected chi connectivity index (χ1v) is 7.02. The van der Waals surface area contributed by atoms with Crippen molar-refractivity contribution in [2.45, 2.75) is 20.0 Å². The maximum absolute atomic E-state index is 12.6. The first-order valence-electron chi connectivity index (χ1n) is 7.02. The van der Waals surface area contributed by atoms with Crippen LogP contribution in [-0.4, -0.2) is 40.6 Å². The fourth-order valence-corrected chi connectivity index (χ4v) is 2.74. The number of methoxy groups -OCH3 is 1. The lowest BCUT2D eigenvalue weighted by molar-refractivity contribution is 0.0634. The highest BCUT2D eigenvalue weighted by molar-refractivity contribution is 5.91. The van der Waals surface area contributed by atoms with Gasteiger partial charge in [0.2, 0.25) is 0 Å². The topological polar surface area (TPSA) is 60.5 Å². The van der Waals surface area contributed by atoms with Crippen molar-refractivity contribution < 1.29 is 13.9 Å². The van der Waals surface area contributed by atoms with E-state index in [0.717, 1.165) is 18.1 Å². The van der Waals surface area contributed by atoms with Gasteiger partial charge in [0.05, 0.1) is 13.2 Å². The minimum Gasteiger partial charge on any atom is -0.456 e. The van der Waals surface area contributed by atoms with E-state index in [2.05, 4.69) is 9.55 Å². The van der Waals surface area contributed by atoms with Crippen LogP contribution in [0.25, 0.3) is 0 Å². The molecule has 6 nitrogen and oxygen atoms in total. The number of carbonyl (C=O) groups is 1. The SMILES string of the molecule is COC[C@H]1CN(C(=O)c2ccc(C)o2)Cc2nccn2C1. The van der Waals surface area contributed by atoms with Gasteiger partial charge in [-0.25, -0.2) is 4.98 Å². The van der Waals surface area contributed by atoms with Crippen molar-refractivity contribution in [3.8, 4) is 0 Å². The largest absolute Gasteiger partial charge is 0.456 e. The Kier molecular flexibility index (Phi) is 3.79. The molecule has 21 heavy (non-hydrogen) atoms. The summed E-state index contributed by atoms with van der Waals surface area (Å²) in [6.45, 7) is 4.38. The number of hydrogen-bond acceptors (Lipinski definition) is 4. The van der Waals surface area contributed by atoms with Crippen LogP contribution in [0.1, 0.15) is 22.1 Å². The third-order valence-corrected chi connectivity index (χ3v) is 3.71. The van der Waals surface area contributed by atoms with Gasteiger partial charge < -0.3 is 18.6 Å². The van der Waals surface area contributed by atoms with E-state index in [0.29, 0.717) is 25.5 Å². The van der Waals surface area contributed by atoms with Gasteiger partial charge in [-0.1, -0.05) is 0 Å². The quantitative estimate of drug-likeness (QED) is 0.863. The van der Waals surface area contributed by atoms with Crippen LogP contribution in [0.2, 0.25) is 0 Å². The Morgan fingerprint density at radius 2 is 2.33 bits per heavy atom. The Bertz CT molecular complexity index is 632. The molecule has 0 fully saturated rings. The number of nitrogens with zero attached hydrogens (tertiary/aromatic N) is 3. The van der Waals surface area contributed by atoms with Gasteiger partial charge in [-0.15, -0.1) is 0 Å². The lowest BCUT2D eigenvalue weighted by Gasteiger charge is -2.22. The normalized spacial score (nSPS) is 18.4. The highest BCUT2D eigenvalue weighted by atomic mass is 16.5. The number of furan rings is 1. The lowest BCUT2D eigenvalue weighted by atomic mass is 10.1. The van der Waals surface area contributed by atoms with E-state index in [9.17, 15) is 4.79 Å². The second-order valence-corrected chi connectivity index (χ2v) is 5.41. The highest BCUT2D eigenvalue weighted by Crippen LogP contribution is 2.19. The van der Waals surface area contributed by atoms with E-state index >= 15 is 0 Å². The molecule has 1 aliphatic rings. The number of imidazole rings is 1. The molecule has 0 N–H and O–H groups in total. The number of fused-ring (bicyclic) bond motifs is 1. The van der Waals surface area contributed by atoms with Crippen LogP contribution in [-0.2, 0) is 17.8 Å². The van der Waals surface area contributed by atoms with Gasteiger partial charge >= 0.3 is 0 Å². The third-order valence-electron chi connectivity index (χ3n) is 3.71. The fourth-order valence-electron chi connectivity index (χ4n) is 2.74. The summed E-state index contributed by atoms with van der Waals surface area (Å²) in [7, 11) is 1.68. The predicted octanol–water partition coefficient (Wildman–Crippen LogP) is 1.70. The van der Waals surface area contributed by atoms with Gasteiger partial charge in [-0.05, 0) is 19.1 Å². The van der Waals surface area contributed by atoms with Crippen molar-refractivity contribution in [1.82, 2.24) is 14.5 Å². The average molecular weight is 289 g/mol. The molecule has 0 bridgehead atoms. The zero-order valence-corrected chi connectivity index (χ0v) is 12.3. The molecule has 6 heteroatoms. The van der Waals surface area contributed by atoms with E-state index in [4.69, 9.17) is 9.15 Å². The monoisotopic (exact) mass is 289 g/mol. The zero-order chi connectivity index (χ0) is 14.8. The zero-order valence-electron chi connectivity index (χ0n) is 12.3. The first kappa shape index (κ1) is 13.9. The molecule has 0 spiro atoms. The average Bonchev–Trinajstić information content (AvgIpc) is 3.04. The van der Waals surface area contributed by atoms with Crippen LogP contribution >= 0.6 is 0 Å². The van der Waals surface area contributed by atoms with Crippen molar-refractivity contribution in [3.05, 3.63) is 41.9 Å². The number of hydrogen-bond donors (Lipinski definition) is 0. The lowest BCUT2D eigenvalue weighted by Crippen LogP contribution is -2.35. The molecule has 3 heterocycles. The molecule has 1 aliphatic heterocycles. The highest BCUT2D eigenvalue weighted by Gasteiger charge is 2.27. The van der Waals surface area contributed by atoms with Crippen LogP contribution in [0.15, 0.2) is 28.9 Å². The Labute approximate surface area is 123 Å². The molecule has 0 radical (unpaired) electrons. The molecule has 112 valence electrons. The van der Waals surface area contributed by atoms with Gasteiger partial charge in [-0.2, -0.15) is 0 Å².